The number of hydrogen-bond donors (Lipinski definition) is 1. The molecule has 0 unspecified atom stereocenters. The number of thiazole rings is 1. The lowest BCUT2D eigenvalue weighted by atomic mass is 10.1. The summed E-state index contributed by atoms with van der Waals surface area (Å²) in [5.74, 6) is -0.519. The Morgan fingerprint density at radius 1 is 1.14 bits per heavy atom. The molecule has 2 aromatic carbocycles. The summed E-state index contributed by atoms with van der Waals surface area (Å²) in [5, 5.41) is 17.3. The average molecular weight is 428 g/mol. The number of nitrogens with zero attached hydrogens (tertiary/aromatic N) is 3. The molecule has 0 spiro atoms. The fourth-order valence-corrected chi connectivity index (χ4v) is 3.64. The molecule has 7 nitrogen and oxygen atoms in total. The number of fused-ring (bicyclic) bond motifs is 1. The molecule has 146 valence electrons. The second-order valence-electron chi connectivity index (χ2n) is 6.14. The molecule has 2 heterocycles. The SMILES string of the molecule is O=C(O)c1nn(Cc2csc(COc3ccc(Cl)cc3)n2)c(=O)c2ccccc12. The average Bonchev–Trinajstić information content (AvgIpc) is 3.17. The molecule has 0 fully saturated rings. The van der Waals surface area contributed by atoms with Crippen LogP contribution in [0.4, 0.5) is 0 Å². The summed E-state index contributed by atoms with van der Waals surface area (Å²) in [4.78, 5) is 28.7. The molecule has 0 radical (unpaired) electrons. The number of rotatable bonds is 6. The molecule has 4 aromatic rings. The molecule has 2 aromatic heterocycles. The molecule has 0 amide bonds. The van der Waals surface area contributed by atoms with Crippen molar-refractivity contribution < 1.29 is 14.6 Å². The second-order valence-corrected chi connectivity index (χ2v) is 7.52. The van der Waals surface area contributed by atoms with E-state index in [1.807, 2.05) is 0 Å². The molecule has 0 bridgehead atoms. The van der Waals surface area contributed by atoms with Crippen LogP contribution in [0.2, 0.25) is 5.02 Å². The van der Waals surface area contributed by atoms with E-state index in [1.54, 1.807) is 53.9 Å². The van der Waals surface area contributed by atoms with Crippen molar-refractivity contribution in [3.63, 3.8) is 0 Å². The zero-order valence-electron chi connectivity index (χ0n) is 14.9. The highest BCUT2D eigenvalue weighted by molar-refractivity contribution is 7.09. The van der Waals surface area contributed by atoms with Crippen LogP contribution in [0.3, 0.4) is 0 Å². The predicted octanol–water partition coefficient (Wildman–Crippen LogP) is 3.83. The van der Waals surface area contributed by atoms with Crippen LogP contribution >= 0.6 is 22.9 Å². The van der Waals surface area contributed by atoms with Gasteiger partial charge >= 0.3 is 5.97 Å². The van der Waals surface area contributed by atoms with Crippen LogP contribution in [0.1, 0.15) is 21.2 Å². The Morgan fingerprint density at radius 3 is 2.59 bits per heavy atom. The van der Waals surface area contributed by atoms with Crippen molar-refractivity contribution in [3.8, 4) is 5.75 Å². The minimum Gasteiger partial charge on any atom is -0.486 e. The highest BCUT2D eigenvalue weighted by Gasteiger charge is 2.16. The van der Waals surface area contributed by atoms with Gasteiger partial charge in [-0.05, 0) is 30.3 Å². The zero-order chi connectivity index (χ0) is 20.4. The number of aromatic nitrogens is 3. The van der Waals surface area contributed by atoms with Crippen LogP contribution in [-0.2, 0) is 13.2 Å². The zero-order valence-corrected chi connectivity index (χ0v) is 16.5. The molecular formula is C20H14ClN3O4S. The van der Waals surface area contributed by atoms with Gasteiger partial charge in [-0.3, -0.25) is 4.79 Å². The van der Waals surface area contributed by atoms with Crippen molar-refractivity contribution in [1.29, 1.82) is 0 Å². The molecule has 1 N–H and O–H groups in total. The van der Waals surface area contributed by atoms with Crippen molar-refractivity contribution in [1.82, 2.24) is 14.8 Å². The number of benzene rings is 2. The molecule has 0 aliphatic rings. The van der Waals surface area contributed by atoms with Crippen molar-refractivity contribution in [3.05, 3.63) is 85.7 Å². The van der Waals surface area contributed by atoms with Crippen molar-refractivity contribution in [2.24, 2.45) is 0 Å². The van der Waals surface area contributed by atoms with Crippen LogP contribution in [0, 0.1) is 0 Å². The smallest absolute Gasteiger partial charge is 0.357 e. The number of halogens is 1. The minimum atomic E-state index is -1.19. The second kappa shape index (κ2) is 8.02. The molecule has 4 rings (SSSR count). The standard InChI is InChI=1S/C20H14ClN3O4S/c21-12-5-7-14(8-6-12)28-10-17-22-13(11-29-17)9-24-19(25)16-4-2-1-3-15(16)18(23-24)20(26)27/h1-8,11H,9-10H2,(H,26,27). The van der Waals surface area contributed by atoms with E-state index in [-0.39, 0.29) is 24.4 Å². The topological polar surface area (TPSA) is 94.3 Å². The van der Waals surface area contributed by atoms with Gasteiger partial charge in [0, 0.05) is 15.8 Å². The molecule has 0 atom stereocenters. The van der Waals surface area contributed by atoms with E-state index < -0.39 is 5.97 Å². The van der Waals surface area contributed by atoms with E-state index in [2.05, 4.69) is 10.1 Å². The van der Waals surface area contributed by atoms with Gasteiger partial charge in [0.2, 0.25) is 0 Å². The number of carboxylic acids is 1. The summed E-state index contributed by atoms with van der Waals surface area (Å²) in [6.45, 7) is 0.341. The Balaban J connectivity index is 1.56. The summed E-state index contributed by atoms with van der Waals surface area (Å²) >= 11 is 7.24. The van der Waals surface area contributed by atoms with Gasteiger partial charge in [0.1, 0.15) is 17.4 Å². The Bertz CT molecular complexity index is 1250. The molecule has 9 heteroatoms. The predicted molar refractivity (Wildman–Crippen MR) is 110 cm³/mol. The third-order valence-electron chi connectivity index (χ3n) is 4.16. The number of ether oxygens (including phenoxy) is 1. The summed E-state index contributed by atoms with van der Waals surface area (Å²) in [7, 11) is 0. The van der Waals surface area contributed by atoms with Gasteiger partial charge in [-0.2, -0.15) is 5.10 Å². The summed E-state index contributed by atoms with van der Waals surface area (Å²) in [6, 6.07) is 13.5. The van der Waals surface area contributed by atoms with E-state index in [1.165, 1.54) is 11.3 Å². The van der Waals surface area contributed by atoms with E-state index in [9.17, 15) is 14.7 Å². The van der Waals surface area contributed by atoms with Crippen LogP contribution < -0.4 is 10.3 Å². The first-order valence-electron chi connectivity index (χ1n) is 8.56. The van der Waals surface area contributed by atoms with Gasteiger partial charge in [0.05, 0.1) is 17.6 Å². The molecular weight excluding hydrogens is 414 g/mol. The Kier molecular flexibility index (Phi) is 5.28. The normalized spacial score (nSPS) is 10.9. The molecule has 0 aliphatic heterocycles. The van der Waals surface area contributed by atoms with Gasteiger partial charge in [0.15, 0.2) is 5.69 Å². The van der Waals surface area contributed by atoms with Crippen molar-refractivity contribution in [2.45, 2.75) is 13.2 Å². The molecule has 29 heavy (non-hydrogen) atoms. The summed E-state index contributed by atoms with van der Waals surface area (Å²) in [5.41, 5.74) is 0.0743. The van der Waals surface area contributed by atoms with E-state index in [4.69, 9.17) is 16.3 Å². The van der Waals surface area contributed by atoms with Crippen molar-refractivity contribution in [2.75, 3.05) is 0 Å². The first-order chi connectivity index (χ1) is 14.0. The van der Waals surface area contributed by atoms with Gasteiger partial charge in [0.25, 0.3) is 5.56 Å². The minimum absolute atomic E-state index is 0.0708. The van der Waals surface area contributed by atoms with Crippen LogP contribution in [0.5, 0.6) is 5.75 Å². The quantitative estimate of drug-likeness (QED) is 0.502. The number of hydrogen-bond acceptors (Lipinski definition) is 6. The van der Waals surface area contributed by atoms with Crippen LogP contribution in [-0.4, -0.2) is 25.8 Å². The van der Waals surface area contributed by atoms with Gasteiger partial charge in [-0.15, -0.1) is 11.3 Å². The Labute approximate surface area is 173 Å². The maximum absolute atomic E-state index is 12.7. The van der Waals surface area contributed by atoms with E-state index in [0.29, 0.717) is 27.2 Å². The highest BCUT2D eigenvalue weighted by atomic mass is 35.5. The monoisotopic (exact) mass is 427 g/mol. The van der Waals surface area contributed by atoms with Gasteiger partial charge < -0.3 is 9.84 Å². The Hall–Kier alpha value is -3.23. The lowest BCUT2D eigenvalue weighted by Crippen LogP contribution is -2.26. The lowest BCUT2D eigenvalue weighted by Gasteiger charge is -2.07. The molecule has 0 saturated carbocycles. The van der Waals surface area contributed by atoms with Crippen LogP contribution in [0.25, 0.3) is 10.8 Å². The summed E-state index contributed by atoms with van der Waals surface area (Å²) < 4.78 is 6.80. The van der Waals surface area contributed by atoms with Crippen LogP contribution in [0.15, 0.2) is 58.7 Å². The fourth-order valence-electron chi connectivity index (χ4n) is 2.82. The third kappa shape index (κ3) is 4.13. The maximum Gasteiger partial charge on any atom is 0.357 e. The van der Waals surface area contributed by atoms with E-state index >= 15 is 0 Å². The largest absolute Gasteiger partial charge is 0.486 e. The number of aromatic carboxylic acids is 1. The Morgan fingerprint density at radius 2 is 1.86 bits per heavy atom. The number of carbonyl (C=O) groups is 1. The highest BCUT2D eigenvalue weighted by Crippen LogP contribution is 2.19. The number of carboxylic acid groups (broad SMARTS) is 1. The van der Waals surface area contributed by atoms with Gasteiger partial charge in [-0.1, -0.05) is 29.8 Å². The lowest BCUT2D eigenvalue weighted by molar-refractivity contribution is 0.0690. The maximum atomic E-state index is 12.7. The summed E-state index contributed by atoms with van der Waals surface area (Å²) in [6.07, 6.45) is 0. The molecule has 0 aliphatic carbocycles. The van der Waals surface area contributed by atoms with Crippen molar-refractivity contribution >= 4 is 39.7 Å². The first-order valence-corrected chi connectivity index (χ1v) is 9.82. The molecule has 0 saturated heterocycles. The fraction of sp³-hybridized carbons (Fsp3) is 0.100. The van der Waals surface area contributed by atoms with Gasteiger partial charge in [-0.25, -0.2) is 14.5 Å². The third-order valence-corrected chi connectivity index (χ3v) is 5.28. The van der Waals surface area contributed by atoms with E-state index in [0.717, 1.165) is 9.69 Å². The first kappa shape index (κ1) is 19.1.